The van der Waals surface area contributed by atoms with E-state index in [0.717, 1.165) is 27.9 Å². The SMILES string of the molecule is CSc1ccc(-c2nn(Cc3ccccc3)c(=O)cc2-c2ccccc2)cc1. The van der Waals surface area contributed by atoms with Gasteiger partial charge in [0, 0.05) is 22.1 Å². The zero-order valence-corrected chi connectivity index (χ0v) is 16.4. The summed E-state index contributed by atoms with van der Waals surface area (Å²) in [5.41, 5.74) is 4.60. The lowest BCUT2D eigenvalue weighted by atomic mass is 10.00. The van der Waals surface area contributed by atoms with E-state index in [1.165, 1.54) is 4.90 Å². The van der Waals surface area contributed by atoms with Crippen molar-refractivity contribution in [2.24, 2.45) is 0 Å². The van der Waals surface area contributed by atoms with Gasteiger partial charge in [-0.2, -0.15) is 5.10 Å². The Hall–Kier alpha value is -3.11. The maximum Gasteiger partial charge on any atom is 0.267 e. The Balaban J connectivity index is 1.86. The van der Waals surface area contributed by atoms with Gasteiger partial charge in [-0.15, -0.1) is 11.8 Å². The molecule has 0 aliphatic heterocycles. The molecule has 0 atom stereocenters. The number of benzene rings is 3. The minimum atomic E-state index is -0.104. The average molecular weight is 385 g/mol. The number of hydrogen-bond donors (Lipinski definition) is 0. The molecule has 0 bridgehead atoms. The molecule has 0 saturated heterocycles. The van der Waals surface area contributed by atoms with Gasteiger partial charge in [0.05, 0.1) is 12.2 Å². The molecular formula is C24H20N2OS. The van der Waals surface area contributed by atoms with Crippen molar-refractivity contribution in [2.75, 3.05) is 6.26 Å². The average Bonchev–Trinajstić information content (AvgIpc) is 2.76. The third-order valence-electron chi connectivity index (χ3n) is 4.62. The first-order valence-corrected chi connectivity index (χ1v) is 10.3. The van der Waals surface area contributed by atoms with E-state index in [2.05, 4.69) is 30.5 Å². The van der Waals surface area contributed by atoms with Crippen LogP contribution in [0.3, 0.4) is 0 Å². The van der Waals surface area contributed by atoms with Crippen molar-refractivity contribution in [1.82, 2.24) is 9.78 Å². The van der Waals surface area contributed by atoms with Crippen LogP contribution in [0.4, 0.5) is 0 Å². The smallest absolute Gasteiger partial charge is 0.267 e. The first-order valence-electron chi connectivity index (χ1n) is 9.10. The van der Waals surface area contributed by atoms with Gasteiger partial charge < -0.3 is 0 Å². The minimum absolute atomic E-state index is 0.104. The number of thioether (sulfide) groups is 1. The van der Waals surface area contributed by atoms with Crippen molar-refractivity contribution in [1.29, 1.82) is 0 Å². The molecule has 0 spiro atoms. The fourth-order valence-corrected chi connectivity index (χ4v) is 3.57. The zero-order chi connectivity index (χ0) is 19.3. The summed E-state index contributed by atoms with van der Waals surface area (Å²) in [6.45, 7) is 0.449. The summed E-state index contributed by atoms with van der Waals surface area (Å²) in [6.07, 6.45) is 2.06. The van der Waals surface area contributed by atoms with Crippen molar-refractivity contribution in [3.8, 4) is 22.4 Å². The third-order valence-corrected chi connectivity index (χ3v) is 5.37. The molecule has 3 aromatic carbocycles. The van der Waals surface area contributed by atoms with Gasteiger partial charge in [0.2, 0.25) is 0 Å². The Kier molecular flexibility index (Phi) is 5.40. The van der Waals surface area contributed by atoms with E-state index in [0.29, 0.717) is 6.54 Å². The summed E-state index contributed by atoms with van der Waals surface area (Å²) in [5, 5.41) is 4.77. The summed E-state index contributed by atoms with van der Waals surface area (Å²) < 4.78 is 1.54. The topological polar surface area (TPSA) is 34.9 Å². The molecule has 28 heavy (non-hydrogen) atoms. The molecule has 0 amide bonds. The van der Waals surface area contributed by atoms with Crippen molar-refractivity contribution in [3.63, 3.8) is 0 Å². The summed E-state index contributed by atoms with van der Waals surface area (Å²) in [5.74, 6) is 0. The van der Waals surface area contributed by atoms with Gasteiger partial charge in [0.15, 0.2) is 0 Å². The highest BCUT2D eigenvalue weighted by molar-refractivity contribution is 7.98. The summed E-state index contributed by atoms with van der Waals surface area (Å²) in [7, 11) is 0. The van der Waals surface area contributed by atoms with E-state index in [4.69, 9.17) is 5.10 Å². The Morgan fingerprint density at radius 3 is 2.11 bits per heavy atom. The summed E-state index contributed by atoms with van der Waals surface area (Å²) >= 11 is 1.71. The number of aromatic nitrogens is 2. The minimum Gasteiger partial charge on any atom is -0.268 e. The summed E-state index contributed by atoms with van der Waals surface area (Å²) in [6, 6.07) is 29.9. The van der Waals surface area contributed by atoms with Crippen molar-refractivity contribution < 1.29 is 0 Å². The van der Waals surface area contributed by atoms with Crippen LogP contribution in [0, 0.1) is 0 Å². The van der Waals surface area contributed by atoms with Crippen LogP contribution in [0.1, 0.15) is 5.56 Å². The van der Waals surface area contributed by atoms with E-state index >= 15 is 0 Å². The first kappa shape index (κ1) is 18.3. The van der Waals surface area contributed by atoms with Crippen LogP contribution >= 0.6 is 11.8 Å². The second-order valence-corrected chi connectivity index (χ2v) is 7.36. The highest BCUT2D eigenvalue weighted by Gasteiger charge is 2.13. The molecule has 4 heteroatoms. The fourth-order valence-electron chi connectivity index (χ4n) is 3.16. The Labute approximate surface area is 168 Å². The van der Waals surface area contributed by atoms with Crippen LogP contribution in [-0.4, -0.2) is 16.0 Å². The molecule has 0 aliphatic rings. The zero-order valence-electron chi connectivity index (χ0n) is 15.6. The van der Waals surface area contributed by atoms with Gasteiger partial charge in [0.1, 0.15) is 0 Å². The lowest BCUT2D eigenvalue weighted by molar-refractivity contribution is 0.643. The van der Waals surface area contributed by atoms with Gasteiger partial charge >= 0.3 is 0 Å². The van der Waals surface area contributed by atoms with Crippen molar-refractivity contribution >= 4 is 11.8 Å². The largest absolute Gasteiger partial charge is 0.268 e. The van der Waals surface area contributed by atoms with Gasteiger partial charge in [0.25, 0.3) is 5.56 Å². The highest BCUT2D eigenvalue weighted by Crippen LogP contribution is 2.30. The number of nitrogens with zero attached hydrogens (tertiary/aromatic N) is 2. The molecule has 0 aliphatic carbocycles. The fraction of sp³-hybridized carbons (Fsp3) is 0.0833. The van der Waals surface area contributed by atoms with Crippen LogP contribution in [0.5, 0.6) is 0 Å². The maximum atomic E-state index is 12.8. The van der Waals surface area contributed by atoms with Crippen LogP contribution in [0.2, 0.25) is 0 Å². The predicted molar refractivity (Wildman–Crippen MR) is 117 cm³/mol. The second kappa shape index (κ2) is 8.28. The normalized spacial score (nSPS) is 10.8. The van der Waals surface area contributed by atoms with Crippen LogP contribution in [-0.2, 0) is 6.54 Å². The molecule has 1 heterocycles. The third kappa shape index (κ3) is 3.92. The maximum absolute atomic E-state index is 12.8. The van der Waals surface area contributed by atoms with Gasteiger partial charge in [-0.05, 0) is 29.5 Å². The molecule has 0 saturated carbocycles. The summed E-state index contributed by atoms with van der Waals surface area (Å²) in [4.78, 5) is 14.0. The van der Waals surface area contributed by atoms with Crippen molar-refractivity contribution in [3.05, 3.63) is 107 Å². The van der Waals surface area contributed by atoms with Crippen LogP contribution in [0.15, 0.2) is 101 Å². The first-order chi connectivity index (χ1) is 13.7. The molecule has 0 radical (unpaired) electrons. The van der Waals surface area contributed by atoms with Gasteiger partial charge in [-0.1, -0.05) is 72.8 Å². The lowest BCUT2D eigenvalue weighted by Crippen LogP contribution is -2.23. The Bertz CT molecular complexity index is 1120. The Morgan fingerprint density at radius 1 is 0.821 bits per heavy atom. The molecule has 4 aromatic rings. The predicted octanol–water partition coefficient (Wildman–Crippen LogP) is 5.35. The number of rotatable bonds is 5. The lowest BCUT2D eigenvalue weighted by Gasteiger charge is -2.13. The van der Waals surface area contributed by atoms with E-state index in [1.807, 2.05) is 60.7 Å². The molecule has 0 unspecified atom stereocenters. The molecule has 0 N–H and O–H groups in total. The monoisotopic (exact) mass is 384 g/mol. The number of hydrogen-bond acceptors (Lipinski definition) is 3. The molecular weight excluding hydrogens is 364 g/mol. The molecule has 3 nitrogen and oxygen atoms in total. The highest BCUT2D eigenvalue weighted by atomic mass is 32.2. The molecule has 0 fully saturated rings. The molecule has 4 rings (SSSR count). The molecule has 1 aromatic heterocycles. The van der Waals surface area contributed by atoms with Gasteiger partial charge in [-0.3, -0.25) is 4.79 Å². The standard InChI is InChI=1S/C24H20N2OS/c1-28-21-14-12-20(13-15-21)24-22(19-10-6-3-7-11-19)16-23(27)26(25-24)17-18-8-4-2-5-9-18/h2-16H,17H2,1H3. The quantitative estimate of drug-likeness (QED) is 0.435. The van der Waals surface area contributed by atoms with Crippen molar-refractivity contribution in [2.45, 2.75) is 11.4 Å². The van der Waals surface area contributed by atoms with E-state index < -0.39 is 0 Å². The van der Waals surface area contributed by atoms with E-state index in [9.17, 15) is 4.79 Å². The van der Waals surface area contributed by atoms with E-state index in [-0.39, 0.29) is 5.56 Å². The van der Waals surface area contributed by atoms with Crippen LogP contribution in [0.25, 0.3) is 22.4 Å². The second-order valence-electron chi connectivity index (χ2n) is 6.48. The molecule has 138 valence electrons. The van der Waals surface area contributed by atoms with Crippen LogP contribution < -0.4 is 5.56 Å². The Morgan fingerprint density at radius 2 is 1.46 bits per heavy atom. The van der Waals surface area contributed by atoms with E-state index in [1.54, 1.807) is 22.5 Å². The van der Waals surface area contributed by atoms with Gasteiger partial charge in [-0.25, -0.2) is 4.68 Å².